The van der Waals surface area contributed by atoms with E-state index in [9.17, 15) is 0 Å². The second-order valence-electron chi connectivity index (χ2n) is 8.26. The van der Waals surface area contributed by atoms with Crippen LogP contribution in [0.2, 0.25) is 0 Å². The summed E-state index contributed by atoms with van der Waals surface area (Å²) >= 11 is -0.140. The molecule has 0 fully saturated rings. The fourth-order valence-electron chi connectivity index (χ4n) is 4.09. The van der Waals surface area contributed by atoms with Gasteiger partial charge in [-0.25, -0.2) is 0 Å². The van der Waals surface area contributed by atoms with Gasteiger partial charge in [0.15, 0.2) is 0 Å². The minimum absolute atomic E-state index is 0. The molecule has 0 aromatic rings. The van der Waals surface area contributed by atoms with Crippen molar-refractivity contribution in [1.29, 1.82) is 0 Å². The zero-order valence-corrected chi connectivity index (χ0v) is 22.2. The molecule has 0 spiro atoms. The topological polar surface area (TPSA) is 0 Å². The summed E-state index contributed by atoms with van der Waals surface area (Å²) in [6.45, 7) is 18.9. The van der Waals surface area contributed by atoms with Gasteiger partial charge in [0, 0.05) is 0 Å². The van der Waals surface area contributed by atoms with Crippen LogP contribution in [0.3, 0.4) is 0 Å². The molecule has 0 heterocycles. The third-order valence-electron chi connectivity index (χ3n) is 5.02. The van der Waals surface area contributed by atoms with Crippen LogP contribution in [0.4, 0.5) is 0 Å². The predicted molar refractivity (Wildman–Crippen MR) is 119 cm³/mol. The number of rotatable bonds is 6. The normalized spacial score (nSPS) is 17.4. The average Bonchev–Trinajstić information content (AvgIpc) is 3.02. The number of allylic oxidation sites excluding steroid dienone is 8. The summed E-state index contributed by atoms with van der Waals surface area (Å²) in [5.41, 5.74) is 6.71. The summed E-state index contributed by atoms with van der Waals surface area (Å²) in [7, 11) is 0. The van der Waals surface area contributed by atoms with Gasteiger partial charge in [0.05, 0.1) is 0 Å². The van der Waals surface area contributed by atoms with Gasteiger partial charge in [-0.05, 0) is 0 Å². The maximum absolute atomic E-state index is 2.53. The first-order valence-electron chi connectivity index (χ1n) is 9.37. The SMILES string of the molecule is Br.Br.CC(C)C1=CC[C]([Ti][C]2=C(C(C)C)C(C(C)C)=CC2)=C1C(C)C. The van der Waals surface area contributed by atoms with E-state index < -0.39 is 0 Å². The molecule has 0 saturated carbocycles. The fourth-order valence-corrected chi connectivity index (χ4v) is 7.07. The first-order chi connectivity index (χ1) is 10.7. The van der Waals surface area contributed by atoms with Crippen LogP contribution in [0.1, 0.15) is 68.2 Å². The van der Waals surface area contributed by atoms with Crippen molar-refractivity contribution in [3.8, 4) is 0 Å². The zero-order valence-electron chi connectivity index (χ0n) is 17.2. The maximum atomic E-state index is 2.53. The van der Waals surface area contributed by atoms with Crippen molar-refractivity contribution in [1.82, 2.24) is 0 Å². The standard InChI is InChI=1S/2C11H17.2BrH.Ti/c2*1-8(2)10-6-5-7-11(10)9(3)4;;;/h2*6,8-9H,5H2,1-4H3;2*1H;. The Morgan fingerprint density at radius 3 is 1.16 bits per heavy atom. The molecule has 2 aliphatic rings. The quantitative estimate of drug-likeness (QED) is 0.319. The van der Waals surface area contributed by atoms with Gasteiger partial charge in [-0.3, -0.25) is 0 Å². The summed E-state index contributed by atoms with van der Waals surface area (Å²) in [6.07, 6.45) is 7.51. The summed E-state index contributed by atoms with van der Waals surface area (Å²) in [5.74, 6) is 2.69. The Balaban J connectivity index is 0.00000288. The third-order valence-corrected chi connectivity index (χ3v) is 7.45. The summed E-state index contributed by atoms with van der Waals surface area (Å²) < 4.78 is 3.63. The van der Waals surface area contributed by atoms with Crippen molar-refractivity contribution in [2.45, 2.75) is 68.2 Å². The number of halogens is 2. The molecular formula is C22H36Br2Ti. The monoisotopic (exact) mass is 506 g/mol. The molecule has 0 bridgehead atoms. The van der Waals surface area contributed by atoms with Crippen LogP contribution >= 0.6 is 34.0 Å². The molecule has 142 valence electrons. The van der Waals surface area contributed by atoms with E-state index in [1.807, 2.05) is 7.76 Å². The molecule has 0 N–H and O–H groups in total. The van der Waals surface area contributed by atoms with Crippen LogP contribution in [0.25, 0.3) is 0 Å². The van der Waals surface area contributed by atoms with Crippen molar-refractivity contribution in [3.63, 3.8) is 0 Å². The van der Waals surface area contributed by atoms with Gasteiger partial charge < -0.3 is 0 Å². The second kappa shape index (κ2) is 10.8. The van der Waals surface area contributed by atoms with E-state index in [-0.39, 0.29) is 53.1 Å². The second-order valence-corrected chi connectivity index (χ2v) is 10.5. The van der Waals surface area contributed by atoms with E-state index in [0.717, 1.165) is 0 Å². The molecule has 25 heavy (non-hydrogen) atoms. The first-order valence-corrected chi connectivity index (χ1v) is 10.9. The molecule has 2 aliphatic carbocycles. The molecule has 0 aromatic heterocycles. The Hall–Kier alpha value is 0.634. The molecule has 0 unspecified atom stereocenters. The van der Waals surface area contributed by atoms with E-state index in [1.165, 1.54) is 12.8 Å². The molecule has 0 atom stereocenters. The predicted octanol–water partition coefficient (Wildman–Crippen LogP) is 8.02. The van der Waals surface area contributed by atoms with Crippen LogP contribution in [0.15, 0.2) is 42.2 Å². The summed E-state index contributed by atoms with van der Waals surface area (Å²) in [4.78, 5) is 0. The Morgan fingerprint density at radius 2 is 0.920 bits per heavy atom. The van der Waals surface area contributed by atoms with Gasteiger partial charge in [0.25, 0.3) is 0 Å². The van der Waals surface area contributed by atoms with Crippen LogP contribution in [0.5, 0.6) is 0 Å². The number of hydrogen-bond donors (Lipinski definition) is 0. The molecule has 0 aromatic carbocycles. The Kier molecular flexibility index (Phi) is 11.1. The molecule has 0 aliphatic heterocycles. The van der Waals surface area contributed by atoms with Crippen LogP contribution in [-0.2, 0) is 19.2 Å². The molecule has 0 nitrogen and oxygen atoms in total. The van der Waals surface area contributed by atoms with Crippen LogP contribution < -0.4 is 0 Å². The van der Waals surface area contributed by atoms with E-state index in [4.69, 9.17) is 0 Å². The van der Waals surface area contributed by atoms with Gasteiger partial charge in [0.2, 0.25) is 0 Å². The first kappa shape index (κ1) is 25.6. The fraction of sp³-hybridized carbons (Fsp3) is 0.636. The van der Waals surface area contributed by atoms with Gasteiger partial charge in [-0.15, -0.1) is 34.0 Å². The Bertz CT molecular complexity index is 535. The Labute approximate surface area is 186 Å². The van der Waals surface area contributed by atoms with E-state index in [2.05, 4.69) is 67.5 Å². The molecular weight excluding hydrogens is 472 g/mol. The van der Waals surface area contributed by atoms with E-state index in [0.29, 0.717) is 23.7 Å². The Morgan fingerprint density at radius 1 is 0.600 bits per heavy atom. The third kappa shape index (κ3) is 5.80. The van der Waals surface area contributed by atoms with E-state index in [1.54, 1.807) is 22.3 Å². The summed E-state index contributed by atoms with van der Waals surface area (Å²) in [6, 6.07) is 0. The van der Waals surface area contributed by atoms with Crippen molar-refractivity contribution in [2.75, 3.05) is 0 Å². The van der Waals surface area contributed by atoms with Gasteiger partial charge in [-0.1, -0.05) is 0 Å². The zero-order chi connectivity index (χ0) is 17.3. The van der Waals surface area contributed by atoms with Crippen molar-refractivity contribution in [3.05, 3.63) is 42.2 Å². The molecule has 3 heteroatoms. The average molecular weight is 508 g/mol. The van der Waals surface area contributed by atoms with Crippen molar-refractivity contribution < 1.29 is 19.2 Å². The van der Waals surface area contributed by atoms with Crippen LogP contribution in [-0.4, -0.2) is 0 Å². The van der Waals surface area contributed by atoms with Gasteiger partial charge >= 0.3 is 153 Å². The van der Waals surface area contributed by atoms with Gasteiger partial charge in [-0.2, -0.15) is 0 Å². The van der Waals surface area contributed by atoms with Gasteiger partial charge in [0.1, 0.15) is 0 Å². The number of hydrogen-bond acceptors (Lipinski definition) is 0. The summed E-state index contributed by atoms with van der Waals surface area (Å²) in [5, 5.41) is 0. The molecule has 0 amide bonds. The van der Waals surface area contributed by atoms with Crippen molar-refractivity contribution in [2.24, 2.45) is 23.7 Å². The van der Waals surface area contributed by atoms with Crippen LogP contribution in [0, 0.1) is 23.7 Å². The van der Waals surface area contributed by atoms with Crippen molar-refractivity contribution >= 4 is 34.0 Å². The molecule has 0 radical (unpaired) electrons. The van der Waals surface area contributed by atoms with E-state index >= 15 is 0 Å². The minimum atomic E-state index is -0.140. The molecule has 0 saturated heterocycles. The molecule has 2 rings (SSSR count).